The van der Waals surface area contributed by atoms with Crippen LogP contribution in [0.5, 0.6) is 0 Å². The average molecular weight is 433 g/mol. The second-order valence-electron chi connectivity index (χ2n) is 9.05. The number of hydrogen-bond acceptors (Lipinski definition) is 0. The van der Waals surface area contributed by atoms with Gasteiger partial charge in [0.25, 0.3) is 0 Å². The lowest BCUT2D eigenvalue weighted by molar-refractivity contribution is 0.807. The van der Waals surface area contributed by atoms with E-state index in [9.17, 15) is 0 Å². The zero-order chi connectivity index (χ0) is 22.9. The molecule has 0 N–H and O–H groups in total. The standard InChI is InChI=1S/C33H36/c1-3-5-7-11-17-31(29-22-20-27(21-23-29)26-15-9-8-10-16-26)33-25-24-28(14-6-4-2)30-18-12-13-19-32(30)33/h3-5,7-9,11,13,15,17,19-20,22,24-25,31H,1-2,6,10,12,14,16,18,21,23H2/b7-5-,17-11+. The first-order valence-corrected chi connectivity index (χ1v) is 12.5. The van der Waals surface area contributed by atoms with Crippen LogP contribution in [0.2, 0.25) is 0 Å². The van der Waals surface area contributed by atoms with E-state index in [4.69, 9.17) is 0 Å². The molecule has 0 nitrogen and oxygen atoms in total. The highest BCUT2D eigenvalue weighted by Gasteiger charge is 2.23. The van der Waals surface area contributed by atoms with Gasteiger partial charge in [0.05, 0.1) is 0 Å². The van der Waals surface area contributed by atoms with E-state index >= 15 is 0 Å². The van der Waals surface area contributed by atoms with Crippen molar-refractivity contribution in [3.8, 4) is 0 Å². The Labute approximate surface area is 200 Å². The van der Waals surface area contributed by atoms with Gasteiger partial charge in [-0.2, -0.15) is 0 Å². The highest BCUT2D eigenvalue weighted by atomic mass is 14.3. The lowest BCUT2D eigenvalue weighted by Gasteiger charge is -2.27. The van der Waals surface area contributed by atoms with Crippen molar-refractivity contribution < 1.29 is 0 Å². The van der Waals surface area contributed by atoms with Crippen LogP contribution in [0.4, 0.5) is 0 Å². The van der Waals surface area contributed by atoms with Crippen LogP contribution in [-0.4, -0.2) is 0 Å². The predicted molar refractivity (Wildman–Crippen MR) is 145 cm³/mol. The van der Waals surface area contributed by atoms with Gasteiger partial charge in [0.1, 0.15) is 0 Å². The molecule has 1 atom stereocenters. The van der Waals surface area contributed by atoms with Crippen molar-refractivity contribution in [3.63, 3.8) is 0 Å². The van der Waals surface area contributed by atoms with Crippen LogP contribution in [0, 0.1) is 0 Å². The van der Waals surface area contributed by atoms with Crippen molar-refractivity contribution in [3.05, 3.63) is 137 Å². The third kappa shape index (κ3) is 5.63. The Morgan fingerprint density at radius 1 is 0.848 bits per heavy atom. The summed E-state index contributed by atoms with van der Waals surface area (Å²) >= 11 is 0. The average Bonchev–Trinajstić information content (AvgIpc) is 2.88. The zero-order valence-corrected chi connectivity index (χ0v) is 19.8. The van der Waals surface area contributed by atoms with E-state index in [-0.39, 0.29) is 0 Å². The molecular weight excluding hydrogens is 396 g/mol. The molecule has 0 amide bonds. The Balaban J connectivity index is 1.72. The van der Waals surface area contributed by atoms with Crippen molar-refractivity contribution in [1.29, 1.82) is 0 Å². The van der Waals surface area contributed by atoms with Crippen LogP contribution >= 0.6 is 0 Å². The summed E-state index contributed by atoms with van der Waals surface area (Å²) in [6.45, 7) is 7.73. The van der Waals surface area contributed by atoms with Gasteiger partial charge in [0.2, 0.25) is 0 Å². The van der Waals surface area contributed by atoms with E-state index in [1.165, 1.54) is 39.8 Å². The summed E-state index contributed by atoms with van der Waals surface area (Å²) in [6.07, 6.45) is 37.8. The van der Waals surface area contributed by atoms with E-state index in [0.29, 0.717) is 5.92 Å². The molecule has 0 aromatic heterocycles. The van der Waals surface area contributed by atoms with Crippen molar-refractivity contribution >= 4 is 6.08 Å². The minimum absolute atomic E-state index is 0.294. The third-order valence-electron chi connectivity index (χ3n) is 6.96. The van der Waals surface area contributed by atoms with Crippen LogP contribution in [0.1, 0.15) is 66.7 Å². The lowest BCUT2D eigenvalue weighted by atomic mass is 9.77. The topological polar surface area (TPSA) is 0 Å². The molecule has 33 heavy (non-hydrogen) atoms. The van der Waals surface area contributed by atoms with Crippen LogP contribution in [0.15, 0.2) is 115 Å². The summed E-state index contributed by atoms with van der Waals surface area (Å²) in [7, 11) is 0. The van der Waals surface area contributed by atoms with Crippen LogP contribution < -0.4 is 0 Å². The molecule has 3 aliphatic rings. The third-order valence-corrected chi connectivity index (χ3v) is 6.96. The van der Waals surface area contributed by atoms with Gasteiger partial charge in [-0.1, -0.05) is 103 Å². The Bertz CT molecular complexity index is 1090. The molecule has 1 aromatic rings. The second-order valence-corrected chi connectivity index (χ2v) is 9.05. The van der Waals surface area contributed by atoms with Crippen molar-refractivity contribution in [2.75, 3.05) is 0 Å². The Morgan fingerprint density at radius 2 is 1.73 bits per heavy atom. The summed E-state index contributed by atoms with van der Waals surface area (Å²) in [6, 6.07) is 4.76. The maximum atomic E-state index is 3.93. The zero-order valence-electron chi connectivity index (χ0n) is 19.8. The molecule has 1 aromatic carbocycles. The largest absolute Gasteiger partial charge is 0.103 e. The summed E-state index contributed by atoms with van der Waals surface area (Å²) in [5.74, 6) is 0.294. The quantitative estimate of drug-likeness (QED) is 0.270. The number of benzene rings is 1. The molecule has 0 saturated heterocycles. The van der Waals surface area contributed by atoms with Crippen LogP contribution in [0.3, 0.4) is 0 Å². The molecule has 0 bridgehead atoms. The molecule has 1 unspecified atom stereocenters. The van der Waals surface area contributed by atoms with Gasteiger partial charge in [-0.15, -0.1) is 6.58 Å². The summed E-state index contributed by atoms with van der Waals surface area (Å²) in [5, 5.41) is 0. The molecule has 0 fully saturated rings. The van der Waals surface area contributed by atoms with E-state index in [1.807, 2.05) is 18.2 Å². The van der Waals surface area contributed by atoms with Gasteiger partial charge in [-0.3, -0.25) is 0 Å². The SMILES string of the molecule is C=C/C=C\C=C\C(C1=CC=C(C2=CC=CCC2)CC1)c1ccc(CCC=C)c2c1C=CCC2. The minimum atomic E-state index is 0.294. The highest BCUT2D eigenvalue weighted by molar-refractivity contribution is 5.65. The lowest BCUT2D eigenvalue weighted by Crippen LogP contribution is -2.10. The van der Waals surface area contributed by atoms with Crippen molar-refractivity contribution in [2.24, 2.45) is 0 Å². The normalized spacial score (nSPS) is 18.6. The minimum Gasteiger partial charge on any atom is -0.103 e. The fourth-order valence-electron chi connectivity index (χ4n) is 5.21. The molecule has 0 heterocycles. The van der Waals surface area contributed by atoms with Gasteiger partial charge in [0.15, 0.2) is 0 Å². The maximum absolute atomic E-state index is 3.93. The molecule has 3 aliphatic carbocycles. The highest BCUT2D eigenvalue weighted by Crippen LogP contribution is 2.40. The maximum Gasteiger partial charge on any atom is 0.0240 e. The number of fused-ring (bicyclic) bond motifs is 1. The smallest absolute Gasteiger partial charge is 0.0240 e. The summed E-state index contributed by atoms with van der Waals surface area (Å²) in [4.78, 5) is 0. The van der Waals surface area contributed by atoms with E-state index in [1.54, 1.807) is 5.56 Å². The second kappa shape index (κ2) is 11.7. The number of aryl methyl sites for hydroxylation is 1. The van der Waals surface area contributed by atoms with E-state index in [0.717, 1.165) is 44.9 Å². The fraction of sp³-hybridized carbons (Fsp3) is 0.273. The van der Waals surface area contributed by atoms with Crippen molar-refractivity contribution in [1.82, 2.24) is 0 Å². The van der Waals surface area contributed by atoms with E-state index < -0.39 is 0 Å². The predicted octanol–water partition coefficient (Wildman–Crippen LogP) is 9.07. The van der Waals surface area contributed by atoms with Crippen LogP contribution in [0.25, 0.3) is 6.08 Å². The van der Waals surface area contributed by atoms with Gasteiger partial charge in [0, 0.05) is 5.92 Å². The number of hydrogen-bond donors (Lipinski definition) is 0. The summed E-state index contributed by atoms with van der Waals surface area (Å²) < 4.78 is 0. The molecular formula is C33H36. The molecule has 0 spiro atoms. The Morgan fingerprint density at radius 3 is 2.48 bits per heavy atom. The first-order chi connectivity index (χ1) is 16.3. The van der Waals surface area contributed by atoms with Gasteiger partial charge in [-0.05, 0) is 84.8 Å². The van der Waals surface area contributed by atoms with Gasteiger partial charge in [-0.25, -0.2) is 0 Å². The number of allylic oxidation sites excluding steroid dienone is 15. The van der Waals surface area contributed by atoms with Crippen molar-refractivity contribution in [2.45, 2.75) is 57.3 Å². The van der Waals surface area contributed by atoms with E-state index in [2.05, 4.69) is 86.1 Å². The fourth-order valence-corrected chi connectivity index (χ4v) is 5.21. The number of rotatable bonds is 9. The molecule has 168 valence electrons. The molecule has 0 aliphatic heterocycles. The van der Waals surface area contributed by atoms with Gasteiger partial charge < -0.3 is 0 Å². The Hall–Kier alpha value is -3.12. The molecule has 0 radical (unpaired) electrons. The monoisotopic (exact) mass is 432 g/mol. The van der Waals surface area contributed by atoms with Crippen LogP contribution in [-0.2, 0) is 12.8 Å². The first-order valence-electron chi connectivity index (χ1n) is 12.5. The molecule has 0 saturated carbocycles. The molecule has 4 rings (SSSR count). The molecule has 0 heteroatoms. The Kier molecular flexibility index (Phi) is 8.14. The first kappa shape index (κ1) is 23.1. The van der Waals surface area contributed by atoms with Gasteiger partial charge >= 0.3 is 0 Å². The summed E-state index contributed by atoms with van der Waals surface area (Å²) in [5.41, 5.74) is 10.5.